The first-order valence-electron chi connectivity index (χ1n) is 21.0. The number of rotatable bonds is 7. The number of ether oxygens (including phenoxy) is 1. The zero-order valence-corrected chi connectivity index (χ0v) is 34.9. The maximum atomic E-state index is 7.49. The number of benzene rings is 8. The molecule has 0 radical (unpaired) electrons. The van der Waals surface area contributed by atoms with E-state index >= 15 is 0 Å². The molecule has 0 atom stereocenters. The molecule has 0 fully saturated rings. The Morgan fingerprint density at radius 1 is 0.548 bits per heavy atom. The SMILES string of the molecule is Cn1c(-c2cccc(Oc3cc4c(c5c3N(c3ccccc3)c3ccccc3[Si]5(c3ccccc3)c3ccccc3)c3ccccc3n4-c3ccccn3)c2)nc2ccccc21. The number of aryl methyl sites for hydroxylation is 1. The van der Waals surface area contributed by atoms with E-state index in [1.54, 1.807) is 0 Å². The number of aromatic nitrogens is 4. The second-order valence-electron chi connectivity index (χ2n) is 15.8. The van der Waals surface area contributed by atoms with Crippen LogP contribution in [0.5, 0.6) is 11.5 Å². The van der Waals surface area contributed by atoms with E-state index < -0.39 is 8.07 Å². The molecule has 0 amide bonds. The Hall–Kier alpha value is -8.00. The molecule has 11 aromatic rings. The highest BCUT2D eigenvalue weighted by Gasteiger charge is 2.51. The zero-order valence-electron chi connectivity index (χ0n) is 33.9. The Balaban J connectivity index is 1.26. The monoisotopic (exact) mass is 813 g/mol. The van der Waals surface area contributed by atoms with Crippen molar-refractivity contribution in [1.82, 2.24) is 19.1 Å². The molecule has 0 saturated carbocycles. The van der Waals surface area contributed by atoms with Gasteiger partial charge in [0, 0.05) is 47.0 Å². The van der Waals surface area contributed by atoms with Crippen molar-refractivity contribution >= 4 is 78.7 Å². The van der Waals surface area contributed by atoms with Crippen LogP contribution in [0.4, 0.5) is 17.1 Å². The molecule has 0 N–H and O–H groups in total. The van der Waals surface area contributed by atoms with Crippen LogP contribution in [0.2, 0.25) is 0 Å². The summed E-state index contributed by atoms with van der Waals surface area (Å²) < 4.78 is 12.0. The highest BCUT2D eigenvalue weighted by Crippen LogP contribution is 2.48. The number of anilines is 3. The Labute approximate surface area is 360 Å². The van der Waals surface area contributed by atoms with E-state index in [9.17, 15) is 0 Å². The van der Waals surface area contributed by atoms with Crippen LogP contribution in [0.15, 0.2) is 219 Å². The predicted octanol–water partition coefficient (Wildman–Crippen LogP) is 10.7. The van der Waals surface area contributed by atoms with E-state index in [0.29, 0.717) is 0 Å². The topological polar surface area (TPSA) is 48.1 Å². The minimum Gasteiger partial charge on any atom is -0.455 e. The molecule has 62 heavy (non-hydrogen) atoms. The second-order valence-corrected chi connectivity index (χ2v) is 19.5. The number of nitrogens with zero attached hydrogens (tertiary/aromatic N) is 5. The molecule has 0 bridgehead atoms. The van der Waals surface area contributed by atoms with E-state index in [1.807, 2.05) is 18.3 Å². The summed E-state index contributed by atoms with van der Waals surface area (Å²) in [5.74, 6) is 3.19. The number of fused-ring (bicyclic) bond motifs is 7. The van der Waals surface area contributed by atoms with Gasteiger partial charge in [0.1, 0.15) is 17.4 Å². The van der Waals surface area contributed by atoms with E-state index in [4.69, 9.17) is 14.7 Å². The minimum absolute atomic E-state index is 0.718. The maximum Gasteiger partial charge on any atom is 0.185 e. The first kappa shape index (κ1) is 35.9. The molecule has 0 spiro atoms. The van der Waals surface area contributed by atoms with Crippen molar-refractivity contribution in [2.24, 2.45) is 7.05 Å². The van der Waals surface area contributed by atoms with Crippen LogP contribution in [-0.4, -0.2) is 27.2 Å². The van der Waals surface area contributed by atoms with E-state index in [-0.39, 0.29) is 0 Å². The van der Waals surface area contributed by atoms with Gasteiger partial charge in [0.05, 0.1) is 27.8 Å². The number of pyridine rings is 1. The number of para-hydroxylation sites is 5. The standard InChI is InChI=1S/C55H39N5OSi/c1-58-46-31-14-12-29-44(46)57-55(58)38-20-19-23-40(36-38)61-49-37-48-52(43-28-11-13-30-45(43)60(48)51-34-17-18-35-56-51)54-53(49)59(39-21-5-2-6-22-39)47-32-15-16-33-50(47)62(54,41-24-7-3-8-25-41)42-26-9-4-10-27-42/h2-37H,1H3. The molecule has 7 heteroatoms. The fourth-order valence-electron chi connectivity index (χ4n) is 9.95. The Morgan fingerprint density at radius 2 is 1.21 bits per heavy atom. The molecule has 0 unspecified atom stereocenters. The van der Waals surface area contributed by atoms with Gasteiger partial charge in [-0.05, 0) is 81.4 Å². The van der Waals surface area contributed by atoms with Crippen molar-refractivity contribution in [3.63, 3.8) is 0 Å². The third-order valence-electron chi connectivity index (χ3n) is 12.5. The molecule has 1 aliphatic rings. The molecule has 1 aliphatic heterocycles. The van der Waals surface area contributed by atoms with Gasteiger partial charge in [-0.2, -0.15) is 0 Å². The molecule has 3 aromatic heterocycles. The average Bonchev–Trinajstić information content (AvgIpc) is 3.86. The van der Waals surface area contributed by atoms with E-state index in [0.717, 1.165) is 73.2 Å². The van der Waals surface area contributed by atoms with Crippen molar-refractivity contribution in [2.45, 2.75) is 0 Å². The average molecular weight is 814 g/mol. The summed E-state index contributed by atoms with van der Waals surface area (Å²) in [4.78, 5) is 12.5. The molecule has 12 rings (SSSR count). The summed E-state index contributed by atoms with van der Waals surface area (Å²) in [7, 11) is -1.15. The van der Waals surface area contributed by atoms with Crippen LogP contribution in [-0.2, 0) is 7.05 Å². The lowest BCUT2D eigenvalue weighted by molar-refractivity contribution is 0.485. The van der Waals surface area contributed by atoms with Gasteiger partial charge in [-0.25, -0.2) is 9.97 Å². The van der Waals surface area contributed by atoms with Crippen LogP contribution < -0.4 is 30.4 Å². The lowest BCUT2D eigenvalue weighted by Gasteiger charge is -2.46. The van der Waals surface area contributed by atoms with Crippen LogP contribution in [0.25, 0.3) is 50.0 Å². The zero-order chi connectivity index (χ0) is 41.2. The van der Waals surface area contributed by atoms with Crippen molar-refractivity contribution in [3.05, 3.63) is 219 Å². The largest absolute Gasteiger partial charge is 0.455 e. The van der Waals surface area contributed by atoms with Gasteiger partial charge in [0.25, 0.3) is 0 Å². The number of imidazole rings is 1. The fourth-order valence-corrected chi connectivity index (χ4v) is 15.3. The van der Waals surface area contributed by atoms with Crippen molar-refractivity contribution in [3.8, 4) is 28.7 Å². The third-order valence-corrected chi connectivity index (χ3v) is 17.3. The molecular weight excluding hydrogens is 775 g/mol. The molecule has 0 aliphatic carbocycles. The first-order chi connectivity index (χ1) is 30.7. The number of hydrogen-bond acceptors (Lipinski definition) is 4. The maximum absolute atomic E-state index is 7.49. The van der Waals surface area contributed by atoms with Crippen molar-refractivity contribution in [1.29, 1.82) is 0 Å². The van der Waals surface area contributed by atoms with Gasteiger partial charge < -0.3 is 14.2 Å². The Morgan fingerprint density at radius 3 is 1.95 bits per heavy atom. The fraction of sp³-hybridized carbons (Fsp3) is 0.0182. The quantitative estimate of drug-likeness (QED) is 0.150. The van der Waals surface area contributed by atoms with Gasteiger partial charge in [-0.3, -0.25) is 4.57 Å². The lowest BCUT2D eigenvalue weighted by Crippen LogP contribution is -2.77. The highest BCUT2D eigenvalue weighted by molar-refractivity contribution is 7.22. The number of hydrogen-bond donors (Lipinski definition) is 0. The van der Waals surface area contributed by atoms with Gasteiger partial charge in [0.2, 0.25) is 0 Å². The molecule has 6 nitrogen and oxygen atoms in total. The van der Waals surface area contributed by atoms with E-state index in [2.05, 4.69) is 221 Å². The Kier molecular flexibility index (Phi) is 8.30. The van der Waals surface area contributed by atoms with Gasteiger partial charge in [-0.1, -0.05) is 146 Å². The minimum atomic E-state index is -3.23. The van der Waals surface area contributed by atoms with Gasteiger partial charge >= 0.3 is 0 Å². The first-order valence-corrected chi connectivity index (χ1v) is 23.0. The molecule has 8 aromatic carbocycles. The summed E-state index contributed by atoms with van der Waals surface area (Å²) in [6.07, 6.45) is 1.87. The molecule has 4 heterocycles. The summed E-state index contributed by atoms with van der Waals surface area (Å²) in [5, 5.41) is 7.52. The predicted molar refractivity (Wildman–Crippen MR) is 257 cm³/mol. The van der Waals surface area contributed by atoms with Crippen LogP contribution >= 0.6 is 0 Å². The Bertz CT molecular complexity index is 3420. The van der Waals surface area contributed by atoms with Crippen LogP contribution in [0, 0.1) is 0 Å². The van der Waals surface area contributed by atoms with Crippen LogP contribution in [0.1, 0.15) is 0 Å². The molecular formula is C55H39N5OSi. The molecule has 0 saturated heterocycles. The summed E-state index contributed by atoms with van der Waals surface area (Å²) in [6, 6.07) is 76.0. The lowest BCUT2D eigenvalue weighted by atomic mass is 10.1. The highest BCUT2D eigenvalue weighted by atomic mass is 28.3. The van der Waals surface area contributed by atoms with Crippen molar-refractivity contribution < 1.29 is 4.74 Å². The molecule has 294 valence electrons. The third kappa shape index (κ3) is 5.35. The van der Waals surface area contributed by atoms with Crippen molar-refractivity contribution in [2.75, 3.05) is 4.90 Å². The smallest absolute Gasteiger partial charge is 0.185 e. The van der Waals surface area contributed by atoms with Gasteiger partial charge in [0.15, 0.2) is 13.8 Å². The summed E-state index contributed by atoms with van der Waals surface area (Å²) in [6.45, 7) is 0. The summed E-state index contributed by atoms with van der Waals surface area (Å²) in [5.41, 5.74) is 8.34. The van der Waals surface area contributed by atoms with Gasteiger partial charge in [-0.15, -0.1) is 0 Å². The second kappa shape index (κ2) is 14.3. The van der Waals surface area contributed by atoms with E-state index in [1.165, 1.54) is 26.1 Å². The van der Waals surface area contributed by atoms with Crippen LogP contribution in [0.3, 0.4) is 0 Å². The normalized spacial score (nSPS) is 13.0. The summed E-state index contributed by atoms with van der Waals surface area (Å²) >= 11 is 0.